The summed E-state index contributed by atoms with van der Waals surface area (Å²) in [6, 6.07) is 6.94. The van der Waals surface area contributed by atoms with E-state index in [1.165, 1.54) is 6.26 Å². The molecule has 1 aliphatic rings. The van der Waals surface area contributed by atoms with E-state index in [0.29, 0.717) is 55.8 Å². The molecule has 0 radical (unpaired) electrons. The third kappa shape index (κ3) is 5.77. The zero-order valence-corrected chi connectivity index (χ0v) is 16.8. The maximum atomic E-state index is 12.7. The molecule has 152 valence electrons. The number of ether oxygens (including phenoxy) is 1. The van der Waals surface area contributed by atoms with E-state index < -0.39 is 9.84 Å². The van der Waals surface area contributed by atoms with Crippen LogP contribution in [0.1, 0.15) is 22.1 Å². The molecule has 0 N–H and O–H groups in total. The molecule has 10 heteroatoms. The molecule has 1 aromatic heterocycles. The first-order valence-electron chi connectivity index (χ1n) is 9.01. The molecule has 0 bridgehead atoms. The van der Waals surface area contributed by atoms with Crippen molar-refractivity contribution < 1.29 is 22.5 Å². The second-order valence-electron chi connectivity index (χ2n) is 6.81. The van der Waals surface area contributed by atoms with Crippen molar-refractivity contribution in [1.29, 1.82) is 0 Å². The van der Waals surface area contributed by atoms with E-state index in [4.69, 9.17) is 9.26 Å². The third-order valence-electron chi connectivity index (χ3n) is 4.48. The predicted octanol–water partition coefficient (Wildman–Crippen LogP) is 0.759. The average Bonchev–Trinajstić information content (AvgIpc) is 3.10. The van der Waals surface area contributed by atoms with Crippen LogP contribution in [0, 0.1) is 6.92 Å². The predicted molar refractivity (Wildman–Crippen MR) is 102 cm³/mol. The van der Waals surface area contributed by atoms with Crippen LogP contribution in [-0.2, 0) is 16.4 Å². The van der Waals surface area contributed by atoms with Gasteiger partial charge in [0.1, 0.15) is 15.6 Å². The van der Waals surface area contributed by atoms with Crippen molar-refractivity contribution in [2.24, 2.45) is 0 Å². The van der Waals surface area contributed by atoms with E-state index in [1.807, 2.05) is 0 Å². The number of sulfone groups is 1. The highest BCUT2D eigenvalue weighted by molar-refractivity contribution is 7.90. The van der Waals surface area contributed by atoms with E-state index >= 15 is 0 Å². The standard InChI is InChI=1S/C18H24N4O5S/c1-14-19-17(20-27-14)13-26-16-5-3-15(4-6-16)18(23)22-9-7-21(8-10-22)11-12-28(2,24)25/h3-6H,7-13H2,1-2H3. The van der Waals surface area contributed by atoms with E-state index in [-0.39, 0.29) is 18.3 Å². The minimum absolute atomic E-state index is 0.0388. The summed E-state index contributed by atoms with van der Waals surface area (Å²) in [5.74, 6) is 1.67. The van der Waals surface area contributed by atoms with Gasteiger partial charge in [0.2, 0.25) is 11.7 Å². The molecule has 0 aliphatic carbocycles. The Morgan fingerprint density at radius 1 is 1.18 bits per heavy atom. The highest BCUT2D eigenvalue weighted by Crippen LogP contribution is 2.16. The summed E-state index contributed by atoms with van der Waals surface area (Å²) >= 11 is 0. The van der Waals surface area contributed by atoms with Gasteiger partial charge in [-0.15, -0.1) is 0 Å². The van der Waals surface area contributed by atoms with Gasteiger partial charge in [-0.2, -0.15) is 4.98 Å². The second-order valence-corrected chi connectivity index (χ2v) is 9.07. The highest BCUT2D eigenvalue weighted by atomic mass is 32.2. The first-order chi connectivity index (χ1) is 13.3. The molecule has 2 heterocycles. The van der Waals surface area contributed by atoms with Crippen molar-refractivity contribution in [2.45, 2.75) is 13.5 Å². The Hall–Kier alpha value is -2.46. The van der Waals surface area contributed by atoms with Gasteiger partial charge >= 0.3 is 0 Å². The summed E-state index contributed by atoms with van der Waals surface area (Å²) < 4.78 is 33.0. The van der Waals surface area contributed by atoms with Gasteiger partial charge < -0.3 is 14.2 Å². The van der Waals surface area contributed by atoms with Gasteiger partial charge in [0.05, 0.1) is 5.75 Å². The minimum Gasteiger partial charge on any atom is -0.485 e. The average molecular weight is 408 g/mol. The van der Waals surface area contributed by atoms with E-state index in [1.54, 1.807) is 36.1 Å². The zero-order chi connectivity index (χ0) is 20.1. The monoisotopic (exact) mass is 408 g/mol. The van der Waals surface area contributed by atoms with E-state index in [2.05, 4.69) is 15.0 Å². The van der Waals surface area contributed by atoms with E-state index in [0.717, 1.165) is 0 Å². The number of amides is 1. The third-order valence-corrected chi connectivity index (χ3v) is 5.40. The lowest BCUT2D eigenvalue weighted by atomic mass is 10.1. The van der Waals surface area contributed by atoms with Crippen LogP contribution in [0.2, 0.25) is 0 Å². The molecule has 0 unspecified atom stereocenters. The zero-order valence-electron chi connectivity index (χ0n) is 16.0. The molecular weight excluding hydrogens is 384 g/mol. The Kier molecular flexibility index (Phi) is 6.30. The number of aromatic nitrogens is 2. The Balaban J connectivity index is 1.48. The van der Waals surface area contributed by atoms with Crippen LogP contribution in [-0.4, -0.2) is 79.0 Å². The van der Waals surface area contributed by atoms with Crippen molar-refractivity contribution in [3.05, 3.63) is 41.5 Å². The van der Waals surface area contributed by atoms with Gasteiger partial charge in [0, 0.05) is 51.5 Å². The molecule has 3 rings (SSSR count). The van der Waals surface area contributed by atoms with Crippen LogP contribution < -0.4 is 4.74 Å². The number of benzene rings is 1. The topological polar surface area (TPSA) is 106 Å². The van der Waals surface area contributed by atoms with E-state index in [9.17, 15) is 13.2 Å². The van der Waals surface area contributed by atoms with Gasteiger partial charge in [-0.25, -0.2) is 8.42 Å². The van der Waals surface area contributed by atoms with Gasteiger partial charge in [0.15, 0.2) is 6.61 Å². The SMILES string of the molecule is Cc1nc(COc2ccc(C(=O)N3CCN(CCS(C)(=O)=O)CC3)cc2)no1. The molecule has 0 spiro atoms. The summed E-state index contributed by atoms with van der Waals surface area (Å²) in [6.45, 7) is 4.92. The number of carbonyl (C=O) groups excluding carboxylic acids is 1. The highest BCUT2D eigenvalue weighted by Gasteiger charge is 2.22. The van der Waals surface area contributed by atoms with Crippen LogP contribution in [0.5, 0.6) is 5.75 Å². The van der Waals surface area contributed by atoms with Crippen molar-refractivity contribution in [1.82, 2.24) is 19.9 Å². The fraction of sp³-hybridized carbons (Fsp3) is 0.500. The minimum atomic E-state index is -2.97. The van der Waals surface area contributed by atoms with Crippen LogP contribution in [0.25, 0.3) is 0 Å². The van der Waals surface area contributed by atoms with Crippen LogP contribution in [0.15, 0.2) is 28.8 Å². The largest absolute Gasteiger partial charge is 0.485 e. The molecule has 2 aromatic rings. The fourth-order valence-electron chi connectivity index (χ4n) is 2.89. The Bertz CT molecular complexity index is 902. The van der Waals surface area contributed by atoms with Crippen molar-refractivity contribution in [3.63, 3.8) is 0 Å². The summed E-state index contributed by atoms with van der Waals surface area (Å²) in [7, 11) is -2.97. The first-order valence-corrected chi connectivity index (χ1v) is 11.1. The molecule has 0 saturated carbocycles. The number of piperazine rings is 1. The Labute approximate surface area is 164 Å². The molecule has 1 amide bonds. The maximum Gasteiger partial charge on any atom is 0.253 e. The smallest absolute Gasteiger partial charge is 0.253 e. The molecule has 0 atom stereocenters. The number of nitrogens with zero attached hydrogens (tertiary/aromatic N) is 4. The molecule has 1 saturated heterocycles. The fourth-order valence-corrected chi connectivity index (χ4v) is 3.48. The van der Waals surface area contributed by atoms with Crippen molar-refractivity contribution >= 4 is 15.7 Å². The summed E-state index contributed by atoms with van der Waals surface area (Å²) in [5, 5.41) is 3.76. The van der Waals surface area contributed by atoms with Crippen molar-refractivity contribution in [3.8, 4) is 5.75 Å². The van der Waals surface area contributed by atoms with Crippen molar-refractivity contribution in [2.75, 3.05) is 44.7 Å². The molecule has 9 nitrogen and oxygen atoms in total. The van der Waals surface area contributed by atoms with Gasteiger partial charge in [0.25, 0.3) is 5.91 Å². The lowest BCUT2D eigenvalue weighted by molar-refractivity contribution is 0.0644. The molecular formula is C18H24N4O5S. The number of hydrogen-bond acceptors (Lipinski definition) is 8. The van der Waals surface area contributed by atoms with Gasteiger partial charge in [-0.1, -0.05) is 5.16 Å². The van der Waals surface area contributed by atoms with Crippen LogP contribution in [0.4, 0.5) is 0 Å². The molecule has 1 fully saturated rings. The number of hydrogen-bond donors (Lipinski definition) is 0. The van der Waals surface area contributed by atoms with Crippen LogP contribution in [0.3, 0.4) is 0 Å². The first kappa shape index (κ1) is 20.3. The van der Waals surface area contributed by atoms with Gasteiger partial charge in [-0.3, -0.25) is 9.69 Å². The van der Waals surface area contributed by atoms with Gasteiger partial charge in [-0.05, 0) is 24.3 Å². The summed E-state index contributed by atoms with van der Waals surface area (Å²) in [6.07, 6.45) is 1.24. The molecule has 1 aliphatic heterocycles. The summed E-state index contributed by atoms with van der Waals surface area (Å²) in [4.78, 5) is 20.6. The van der Waals surface area contributed by atoms with Crippen LogP contribution >= 0.6 is 0 Å². The lowest BCUT2D eigenvalue weighted by Crippen LogP contribution is -2.49. The Morgan fingerprint density at radius 2 is 1.86 bits per heavy atom. The molecule has 1 aromatic carbocycles. The number of carbonyl (C=O) groups is 1. The lowest BCUT2D eigenvalue weighted by Gasteiger charge is -2.34. The number of aryl methyl sites for hydroxylation is 1. The normalized spacial score (nSPS) is 15.6. The number of rotatable bonds is 7. The molecule has 28 heavy (non-hydrogen) atoms. The second kappa shape index (κ2) is 8.70. The Morgan fingerprint density at radius 3 is 2.43 bits per heavy atom. The quantitative estimate of drug-likeness (QED) is 0.661. The summed E-state index contributed by atoms with van der Waals surface area (Å²) in [5.41, 5.74) is 0.590. The maximum absolute atomic E-state index is 12.7.